The fraction of sp³-hybridized carbons (Fsp3) is 0.269. The molecule has 34 heavy (non-hydrogen) atoms. The van der Waals surface area contributed by atoms with E-state index in [-0.39, 0.29) is 16.7 Å². The Morgan fingerprint density at radius 3 is 2.26 bits per heavy atom. The first-order valence-corrected chi connectivity index (χ1v) is 11.7. The normalized spacial score (nSPS) is 13.5. The number of carboxylic acid groups (broad SMARTS) is 1. The number of aromatic nitrogens is 1. The van der Waals surface area contributed by atoms with Crippen molar-refractivity contribution in [1.82, 2.24) is 9.88 Å². The number of carbonyl (C=O) groups excluding carboxylic acids is 1. The molecule has 178 valence electrons. The zero-order chi connectivity index (χ0) is 24.8. The highest BCUT2D eigenvalue weighted by atomic mass is 32.2. The van der Waals surface area contributed by atoms with E-state index in [0.29, 0.717) is 0 Å². The van der Waals surface area contributed by atoms with E-state index < -0.39 is 29.7 Å². The molecule has 2 unspecified atom stereocenters. The first-order chi connectivity index (χ1) is 16.2. The number of nitrogens with zero attached hydrogens (tertiary/aromatic N) is 2. The maximum Gasteiger partial charge on any atom is 0.326 e. The number of hydrogen-bond donors (Lipinski definition) is 2. The number of methoxy groups -OCH3 is 1. The average Bonchev–Trinajstić information content (AvgIpc) is 2.83. The molecule has 0 aliphatic heterocycles. The highest BCUT2D eigenvalue weighted by molar-refractivity contribution is 7.99. The molecule has 7 nitrogen and oxygen atoms in total. The summed E-state index contributed by atoms with van der Waals surface area (Å²) in [6.07, 6.45) is 1.34. The lowest BCUT2D eigenvalue weighted by Gasteiger charge is -2.37. The Balaban J connectivity index is 2.09. The number of aliphatic carboxylic acids is 1. The van der Waals surface area contributed by atoms with E-state index in [4.69, 9.17) is 4.74 Å². The maximum absolute atomic E-state index is 13.6. The van der Waals surface area contributed by atoms with Gasteiger partial charge < -0.3 is 19.8 Å². The average molecular weight is 481 g/mol. The van der Waals surface area contributed by atoms with Crippen LogP contribution in [-0.2, 0) is 4.79 Å². The maximum atomic E-state index is 13.6. The summed E-state index contributed by atoms with van der Waals surface area (Å²) in [6.45, 7) is 5.26. The minimum absolute atomic E-state index is 0.0858. The molecule has 8 heteroatoms. The largest absolute Gasteiger partial charge is 0.503 e. The molecule has 1 aromatic heterocycles. The van der Waals surface area contributed by atoms with Crippen molar-refractivity contribution < 1.29 is 24.5 Å². The van der Waals surface area contributed by atoms with Gasteiger partial charge >= 0.3 is 5.97 Å². The Morgan fingerprint density at radius 1 is 1.03 bits per heavy atom. The van der Waals surface area contributed by atoms with E-state index in [1.54, 1.807) is 11.8 Å². The molecule has 0 aliphatic rings. The molecule has 2 aromatic carbocycles. The quantitative estimate of drug-likeness (QED) is 0.418. The third-order valence-electron chi connectivity index (χ3n) is 5.61. The SMILES string of the molecule is COc1ccnc(C(=O)N(C(C)C(Sc2ccccc2)c2ccc(C)cc2)[C@@H](C)C(=O)O)c1O. The highest BCUT2D eigenvalue weighted by Gasteiger charge is 2.37. The molecule has 3 rings (SSSR count). The van der Waals surface area contributed by atoms with Gasteiger partial charge in [0.1, 0.15) is 6.04 Å². The van der Waals surface area contributed by atoms with Crippen LogP contribution in [-0.4, -0.2) is 51.2 Å². The van der Waals surface area contributed by atoms with Gasteiger partial charge in [0.15, 0.2) is 17.2 Å². The number of carbonyl (C=O) groups is 2. The summed E-state index contributed by atoms with van der Waals surface area (Å²) in [5.41, 5.74) is 1.79. The summed E-state index contributed by atoms with van der Waals surface area (Å²) in [5.74, 6) is -2.19. The van der Waals surface area contributed by atoms with Crippen molar-refractivity contribution in [3.63, 3.8) is 0 Å². The summed E-state index contributed by atoms with van der Waals surface area (Å²) in [6, 6.07) is 17.4. The number of aryl methyl sites for hydroxylation is 1. The van der Waals surface area contributed by atoms with E-state index in [1.165, 1.54) is 31.2 Å². The highest BCUT2D eigenvalue weighted by Crippen LogP contribution is 2.41. The molecular weight excluding hydrogens is 452 g/mol. The van der Waals surface area contributed by atoms with Gasteiger partial charge in [-0.2, -0.15) is 0 Å². The Morgan fingerprint density at radius 2 is 1.68 bits per heavy atom. The standard InChI is InChI=1S/C26H28N2O5S/c1-16-10-12-19(13-11-16)24(34-20-8-6-5-7-9-20)17(2)28(18(3)26(31)32)25(30)22-23(29)21(33-4)14-15-27-22/h5-15,17-18,24,29H,1-4H3,(H,31,32)/t17?,18-,24?/m0/s1. The molecular formula is C26H28N2O5S. The summed E-state index contributed by atoms with van der Waals surface area (Å²) in [5, 5.41) is 20.1. The molecule has 1 amide bonds. The molecule has 3 atom stereocenters. The zero-order valence-electron chi connectivity index (χ0n) is 19.5. The summed E-state index contributed by atoms with van der Waals surface area (Å²) in [7, 11) is 1.37. The Hall–Kier alpha value is -3.52. The minimum atomic E-state index is -1.17. The molecule has 0 aliphatic carbocycles. The van der Waals surface area contributed by atoms with E-state index in [9.17, 15) is 19.8 Å². The van der Waals surface area contributed by atoms with Gasteiger partial charge in [0.25, 0.3) is 5.91 Å². The molecule has 1 heterocycles. The van der Waals surface area contributed by atoms with Gasteiger partial charge in [0.2, 0.25) is 0 Å². The van der Waals surface area contributed by atoms with Crippen molar-refractivity contribution in [1.29, 1.82) is 0 Å². The molecule has 3 aromatic rings. The van der Waals surface area contributed by atoms with Crippen molar-refractivity contribution in [3.8, 4) is 11.5 Å². The number of benzene rings is 2. The molecule has 0 saturated carbocycles. The van der Waals surface area contributed by atoms with E-state index >= 15 is 0 Å². The van der Waals surface area contributed by atoms with Crippen molar-refractivity contribution in [3.05, 3.63) is 83.7 Å². The van der Waals surface area contributed by atoms with E-state index in [2.05, 4.69) is 4.98 Å². The monoisotopic (exact) mass is 480 g/mol. The number of amides is 1. The van der Waals surface area contributed by atoms with Crippen molar-refractivity contribution in [2.24, 2.45) is 0 Å². The van der Waals surface area contributed by atoms with Crippen LogP contribution in [0.15, 0.2) is 71.8 Å². The third kappa shape index (κ3) is 5.51. The first-order valence-electron chi connectivity index (χ1n) is 10.8. The number of pyridine rings is 1. The van der Waals surface area contributed by atoms with E-state index in [0.717, 1.165) is 16.0 Å². The van der Waals surface area contributed by atoms with Crippen LogP contribution < -0.4 is 4.74 Å². The lowest BCUT2D eigenvalue weighted by molar-refractivity contribution is -0.142. The number of rotatable bonds is 9. The van der Waals surface area contributed by atoms with Crippen LogP contribution in [0.25, 0.3) is 0 Å². The minimum Gasteiger partial charge on any atom is -0.503 e. The van der Waals surface area contributed by atoms with Crippen LogP contribution in [0.4, 0.5) is 0 Å². The molecule has 0 saturated heterocycles. The van der Waals surface area contributed by atoms with Gasteiger partial charge in [-0.15, -0.1) is 11.8 Å². The molecule has 0 fully saturated rings. The smallest absolute Gasteiger partial charge is 0.326 e. The molecule has 0 bridgehead atoms. The van der Waals surface area contributed by atoms with Crippen LogP contribution in [0.2, 0.25) is 0 Å². The van der Waals surface area contributed by atoms with Crippen LogP contribution in [0.5, 0.6) is 11.5 Å². The lowest BCUT2D eigenvalue weighted by Crippen LogP contribution is -2.50. The predicted molar refractivity (Wildman–Crippen MR) is 131 cm³/mol. The van der Waals surface area contributed by atoms with Gasteiger partial charge in [-0.1, -0.05) is 48.0 Å². The fourth-order valence-corrected chi connectivity index (χ4v) is 4.93. The number of carboxylic acids is 1. The van der Waals surface area contributed by atoms with Crippen LogP contribution in [0, 0.1) is 6.92 Å². The van der Waals surface area contributed by atoms with Gasteiger partial charge in [0.05, 0.1) is 12.4 Å². The van der Waals surface area contributed by atoms with E-state index in [1.807, 2.05) is 68.4 Å². The second-order valence-corrected chi connectivity index (χ2v) is 9.15. The van der Waals surface area contributed by atoms with Gasteiger partial charge in [-0.25, -0.2) is 9.78 Å². The van der Waals surface area contributed by atoms with Gasteiger partial charge in [-0.3, -0.25) is 4.79 Å². The van der Waals surface area contributed by atoms with Gasteiger partial charge in [-0.05, 0) is 38.5 Å². The summed E-state index contributed by atoms with van der Waals surface area (Å²) >= 11 is 1.54. The molecule has 0 spiro atoms. The number of thioether (sulfide) groups is 1. The Labute approximate surface area is 203 Å². The molecule has 2 N–H and O–H groups in total. The predicted octanol–water partition coefficient (Wildman–Crippen LogP) is 4.94. The Bertz CT molecular complexity index is 1140. The van der Waals surface area contributed by atoms with Crippen LogP contribution in [0.3, 0.4) is 0 Å². The topological polar surface area (TPSA) is 100.0 Å². The zero-order valence-corrected chi connectivity index (χ0v) is 20.3. The third-order valence-corrected chi connectivity index (χ3v) is 7.07. The van der Waals surface area contributed by atoms with Crippen molar-refractivity contribution >= 4 is 23.6 Å². The lowest BCUT2D eigenvalue weighted by atomic mass is 10.0. The fourth-order valence-electron chi connectivity index (χ4n) is 3.71. The van der Waals surface area contributed by atoms with Crippen molar-refractivity contribution in [2.45, 2.75) is 43.0 Å². The number of ether oxygens (including phenoxy) is 1. The van der Waals surface area contributed by atoms with Gasteiger partial charge in [0, 0.05) is 23.2 Å². The summed E-state index contributed by atoms with van der Waals surface area (Å²) in [4.78, 5) is 32.0. The first kappa shape index (κ1) is 25.1. The summed E-state index contributed by atoms with van der Waals surface area (Å²) < 4.78 is 5.11. The second-order valence-electron chi connectivity index (χ2n) is 7.94. The number of hydrogen-bond acceptors (Lipinski definition) is 6. The van der Waals surface area contributed by atoms with Crippen LogP contribution in [0.1, 0.15) is 40.7 Å². The van der Waals surface area contributed by atoms with Crippen LogP contribution >= 0.6 is 11.8 Å². The number of aromatic hydroxyl groups is 1. The molecule has 0 radical (unpaired) electrons. The second kappa shape index (κ2) is 11.1. The Kier molecular flexibility index (Phi) is 8.17. The van der Waals surface area contributed by atoms with Crippen molar-refractivity contribution in [2.75, 3.05) is 7.11 Å².